The van der Waals surface area contributed by atoms with Crippen LogP contribution in [-0.4, -0.2) is 31.3 Å². The molecule has 7 rings (SSSR count). The van der Waals surface area contributed by atoms with E-state index in [2.05, 4.69) is 148 Å². The highest BCUT2D eigenvalue weighted by Crippen LogP contribution is 2.39. The molecule has 6 aromatic carbocycles. The molecule has 0 atom stereocenters. The zero-order valence-corrected chi connectivity index (χ0v) is 21.4. The van der Waals surface area contributed by atoms with Gasteiger partial charge in [0.1, 0.15) is 0 Å². The van der Waals surface area contributed by atoms with Crippen molar-refractivity contribution < 1.29 is 4.39 Å². The van der Waals surface area contributed by atoms with Crippen molar-refractivity contribution >= 4 is 55.0 Å². The lowest BCUT2D eigenvalue weighted by Gasteiger charge is -2.54. The van der Waals surface area contributed by atoms with E-state index in [-0.39, 0.29) is 0 Å². The lowest BCUT2D eigenvalue weighted by atomic mass is 9.22. The normalized spacial score (nSPS) is 16.3. The summed E-state index contributed by atoms with van der Waals surface area (Å²) in [4.78, 5) is 0. The summed E-state index contributed by atoms with van der Waals surface area (Å²) in [5, 5.41) is 7.75. The molecule has 0 bridgehead atoms. The number of fused-ring (bicyclic) bond motifs is 3. The summed E-state index contributed by atoms with van der Waals surface area (Å²) in [7, 11) is 4.82. The Labute approximate surface area is 218 Å². The van der Waals surface area contributed by atoms with Gasteiger partial charge in [-0.2, -0.15) is 0 Å². The molecule has 1 nitrogen and oxygen atoms in total. The number of quaternary nitrogens is 1. The van der Waals surface area contributed by atoms with Gasteiger partial charge < -0.3 is 4.39 Å². The molecule has 0 aromatic heterocycles. The Balaban J connectivity index is 1.56. The Morgan fingerprint density at radius 3 is 1.43 bits per heavy atom. The zero-order chi connectivity index (χ0) is 25.0. The lowest BCUT2D eigenvalue weighted by molar-refractivity contribution is -0.776. The van der Waals surface area contributed by atoms with Gasteiger partial charge in [-0.15, -0.1) is 16.4 Å². The van der Waals surface area contributed by atoms with Crippen LogP contribution in [0.25, 0.3) is 37.8 Å². The van der Waals surface area contributed by atoms with Gasteiger partial charge in [0.05, 0.1) is 6.54 Å². The Bertz CT molecular complexity index is 1770. The van der Waals surface area contributed by atoms with Crippen LogP contribution in [0.4, 0.5) is 0 Å². The first-order chi connectivity index (χ1) is 18.1. The van der Waals surface area contributed by atoms with Crippen LogP contribution in [0.15, 0.2) is 133 Å². The van der Waals surface area contributed by atoms with E-state index >= 15 is 0 Å². The van der Waals surface area contributed by atoms with Crippen LogP contribution in [-0.2, 0) is 0 Å². The van der Waals surface area contributed by atoms with Crippen LogP contribution in [0.3, 0.4) is 0 Å². The molecule has 37 heavy (non-hydrogen) atoms. The average Bonchev–Trinajstić information content (AvgIpc) is 3.23. The molecule has 1 aliphatic rings. The second kappa shape index (κ2) is 8.19. The first kappa shape index (κ1) is 22.1. The summed E-state index contributed by atoms with van der Waals surface area (Å²) < 4.78 is 0.888. The summed E-state index contributed by atoms with van der Waals surface area (Å²) in [6.07, 6.45) is 1.19. The van der Waals surface area contributed by atoms with E-state index < -0.39 is 6.28 Å². The van der Waals surface area contributed by atoms with Crippen molar-refractivity contribution in [3.8, 4) is 0 Å². The minimum absolute atomic E-state index is 0.888. The van der Waals surface area contributed by atoms with E-state index in [1.165, 1.54) is 54.3 Å². The molecule has 0 N–H and O–H groups in total. The number of benzene rings is 6. The quantitative estimate of drug-likeness (QED) is 0.244. The molecule has 178 valence electrons. The standard InChI is InChI=1S/C35H30BN/c1-37(2)22-21-35(32-16-15-26-9-3-6-12-29(26)23-32)36(37,33-19-17-27-10-4-7-13-30(27)24-33)34-20-18-28-11-5-8-14-31(28)25-34/h3-21,23-25H,22H2,1-2H3. The van der Waals surface area contributed by atoms with Crippen molar-refractivity contribution in [2.75, 3.05) is 20.6 Å². The fraction of sp³-hybridized carbons (Fsp3) is 0.0857. The average molecular weight is 475 g/mol. The molecule has 0 amide bonds. The maximum Gasteiger partial charge on any atom is 0.291 e. The third-order valence-electron chi connectivity index (χ3n) is 8.87. The van der Waals surface area contributed by atoms with Gasteiger partial charge >= 0.3 is 0 Å². The van der Waals surface area contributed by atoms with Crippen molar-refractivity contribution in [3.05, 3.63) is 139 Å². The largest absolute Gasteiger partial charge is 0.506 e. The van der Waals surface area contributed by atoms with Gasteiger partial charge in [0, 0.05) is 14.1 Å². The first-order valence-electron chi connectivity index (χ1n) is 13.2. The third-order valence-corrected chi connectivity index (χ3v) is 8.87. The fourth-order valence-corrected chi connectivity index (χ4v) is 7.06. The molecule has 0 radical (unpaired) electrons. The van der Waals surface area contributed by atoms with Gasteiger partial charge in [0.15, 0.2) is 0 Å². The second-order valence-corrected chi connectivity index (χ2v) is 11.2. The highest BCUT2D eigenvalue weighted by atomic mass is 15.3. The van der Waals surface area contributed by atoms with Gasteiger partial charge in [0.25, 0.3) is 6.28 Å². The summed E-state index contributed by atoms with van der Waals surface area (Å²) in [6, 6.07) is 47.5. The minimum Gasteiger partial charge on any atom is -0.506 e. The Hall–Kier alpha value is -4.14. The monoisotopic (exact) mass is 475 g/mol. The lowest BCUT2D eigenvalue weighted by Crippen LogP contribution is -2.75. The molecule has 0 aliphatic carbocycles. The van der Waals surface area contributed by atoms with E-state index in [1.54, 1.807) is 0 Å². The number of rotatable bonds is 3. The molecule has 2 heteroatoms. The van der Waals surface area contributed by atoms with E-state index in [4.69, 9.17) is 0 Å². The van der Waals surface area contributed by atoms with E-state index in [9.17, 15) is 0 Å². The Morgan fingerprint density at radius 1 is 0.486 bits per heavy atom. The first-order valence-corrected chi connectivity index (χ1v) is 13.2. The van der Waals surface area contributed by atoms with Gasteiger partial charge in [-0.05, 0) is 32.3 Å². The topological polar surface area (TPSA) is 0 Å². The molecule has 0 saturated heterocycles. The maximum atomic E-state index is 2.51. The molecule has 6 aromatic rings. The molecule has 0 unspecified atom stereocenters. The number of nitrogens with zero attached hydrogens (tertiary/aromatic N) is 1. The fourth-order valence-electron chi connectivity index (χ4n) is 7.06. The van der Waals surface area contributed by atoms with Gasteiger partial charge in [-0.25, -0.2) is 0 Å². The van der Waals surface area contributed by atoms with Gasteiger partial charge in [-0.1, -0.05) is 139 Å². The van der Waals surface area contributed by atoms with Crippen molar-refractivity contribution in [3.63, 3.8) is 0 Å². The predicted octanol–water partition coefficient (Wildman–Crippen LogP) is 6.92. The van der Waals surface area contributed by atoms with Crippen LogP contribution in [0.2, 0.25) is 0 Å². The van der Waals surface area contributed by atoms with Crippen LogP contribution in [0.1, 0.15) is 5.56 Å². The zero-order valence-electron chi connectivity index (χ0n) is 21.4. The summed E-state index contributed by atoms with van der Waals surface area (Å²) >= 11 is 0. The van der Waals surface area contributed by atoms with Crippen molar-refractivity contribution in [1.29, 1.82) is 0 Å². The predicted molar refractivity (Wildman–Crippen MR) is 162 cm³/mol. The van der Waals surface area contributed by atoms with E-state index in [0.717, 1.165) is 10.9 Å². The van der Waals surface area contributed by atoms with E-state index in [0.29, 0.717) is 0 Å². The van der Waals surface area contributed by atoms with Crippen LogP contribution in [0, 0.1) is 0 Å². The Morgan fingerprint density at radius 2 is 0.919 bits per heavy atom. The van der Waals surface area contributed by atoms with Gasteiger partial charge in [0.2, 0.25) is 0 Å². The summed E-state index contributed by atoms with van der Waals surface area (Å²) in [6.45, 7) is 0.988. The molecular weight excluding hydrogens is 445 g/mol. The molecule has 0 spiro atoms. The number of likely N-dealkylation sites (N-methyl/N-ethyl adjacent to an activating group) is 1. The van der Waals surface area contributed by atoms with E-state index in [1.807, 2.05) is 0 Å². The Kier molecular flexibility index (Phi) is 4.89. The smallest absolute Gasteiger partial charge is 0.291 e. The van der Waals surface area contributed by atoms with Gasteiger partial charge in [-0.3, -0.25) is 0 Å². The highest BCUT2D eigenvalue weighted by molar-refractivity contribution is 7.10. The third kappa shape index (κ3) is 3.30. The van der Waals surface area contributed by atoms with Crippen LogP contribution < -0.4 is 10.9 Å². The van der Waals surface area contributed by atoms with Crippen molar-refractivity contribution in [2.45, 2.75) is 0 Å². The molecular formula is C35H30BN. The highest BCUT2D eigenvalue weighted by Gasteiger charge is 2.51. The summed E-state index contributed by atoms with van der Waals surface area (Å²) in [5.41, 5.74) is 5.57. The number of hydrogen-bond donors (Lipinski definition) is 0. The second-order valence-electron chi connectivity index (χ2n) is 11.2. The molecule has 1 heterocycles. The molecule has 0 saturated carbocycles. The molecule has 1 aliphatic heterocycles. The SMILES string of the molecule is C[N+]1(C)CC=C(c2ccc3ccccc3c2)[B-]1(c1ccc2ccccc2c1)c1ccc2ccccc2c1. The van der Waals surface area contributed by atoms with Crippen LogP contribution >= 0.6 is 0 Å². The number of hydrogen-bond acceptors (Lipinski definition) is 0. The molecule has 0 fully saturated rings. The maximum absolute atomic E-state index is 2.51. The van der Waals surface area contributed by atoms with Crippen LogP contribution in [0.5, 0.6) is 0 Å². The summed E-state index contributed by atoms with van der Waals surface area (Å²) in [5.74, 6) is 0. The van der Waals surface area contributed by atoms with Crippen molar-refractivity contribution in [2.24, 2.45) is 0 Å². The van der Waals surface area contributed by atoms with Crippen molar-refractivity contribution in [1.82, 2.24) is 0 Å². The minimum atomic E-state index is -1.32.